The fraction of sp³-hybridized carbons (Fsp3) is 0.579. The van der Waals surface area contributed by atoms with E-state index in [0.29, 0.717) is 30.8 Å². The van der Waals surface area contributed by atoms with Crippen molar-refractivity contribution < 1.29 is 14.4 Å². The van der Waals surface area contributed by atoms with Crippen molar-refractivity contribution in [1.82, 2.24) is 15.0 Å². The number of benzene rings is 1. The Morgan fingerprint density at radius 3 is 2.68 bits per heavy atom. The maximum atomic E-state index is 10.6. The number of hydrogen-bond donors (Lipinski definition) is 1. The first kappa shape index (κ1) is 18.0. The second-order valence-electron chi connectivity index (χ2n) is 6.61. The van der Waals surface area contributed by atoms with Gasteiger partial charge in [-0.2, -0.15) is 4.98 Å². The molecule has 2 unspecified atom stereocenters. The minimum atomic E-state index is -0.384. The molecule has 0 saturated carbocycles. The van der Waals surface area contributed by atoms with Crippen molar-refractivity contribution in [2.45, 2.75) is 45.4 Å². The van der Waals surface area contributed by atoms with Crippen molar-refractivity contribution in [3.8, 4) is 0 Å². The Labute approximate surface area is 148 Å². The molecule has 0 spiro atoms. The molecule has 2 atom stereocenters. The van der Waals surface area contributed by atoms with Crippen molar-refractivity contribution in [2.75, 3.05) is 19.7 Å². The van der Waals surface area contributed by atoms with E-state index in [1.165, 1.54) is 0 Å². The van der Waals surface area contributed by atoms with Crippen LogP contribution in [0, 0.1) is 5.92 Å². The van der Waals surface area contributed by atoms with Gasteiger partial charge in [0.1, 0.15) is 6.10 Å². The molecule has 6 nitrogen and oxygen atoms in total. The highest BCUT2D eigenvalue weighted by molar-refractivity contribution is 5.18. The molecule has 2 heterocycles. The summed E-state index contributed by atoms with van der Waals surface area (Å²) in [5.74, 6) is 1.53. The van der Waals surface area contributed by atoms with Crippen molar-refractivity contribution in [3.05, 3.63) is 47.6 Å². The normalized spacial score (nSPS) is 19.0. The average molecular weight is 345 g/mol. The number of aromatic nitrogens is 2. The molecular weight excluding hydrogens is 318 g/mol. The fourth-order valence-electron chi connectivity index (χ4n) is 3.36. The summed E-state index contributed by atoms with van der Waals surface area (Å²) in [4.78, 5) is 6.73. The van der Waals surface area contributed by atoms with E-state index in [1.54, 1.807) is 0 Å². The summed E-state index contributed by atoms with van der Waals surface area (Å²) in [6.45, 7) is 7.00. The number of piperidine rings is 1. The molecule has 1 fully saturated rings. The molecule has 6 heteroatoms. The van der Waals surface area contributed by atoms with Gasteiger partial charge in [-0.25, -0.2) is 0 Å². The minimum Gasteiger partial charge on any atom is -0.388 e. The summed E-state index contributed by atoms with van der Waals surface area (Å²) in [5.41, 5.74) is 1.01. The topological polar surface area (TPSA) is 71.6 Å². The maximum Gasteiger partial charge on any atom is 0.240 e. The number of ether oxygens (including phenoxy) is 1. The summed E-state index contributed by atoms with van der Waals surface area (Å²) < 4.78 is 10.8. The maximum absolute atomic E-state index is 10.6. The second kappa shape index (κ2) is 8.56. The molecule has 1 saturated heterocycles. The van der Waals surface area contributed by atoms with E-state index < -0.39 is 0 Å². The van der Waals surface area contributed by atoms with Crippen LogP contribution in [0.15, 0.2) is 34.9 Å². The molecular formula is C19H27N3O3. The summed E-state index contributed by atoms with van der Waals surface area (Å²) in [6, 6.07) is 9.92. The van der Waals surface area contributed by atoms with Crippen molar-refractivity contribution in [3.63, 3.8) is 0 Å². The number of nitrogens with zero attached hydrogens (tertiary/aromatic N) is 3. The van der Waals surface area contributed by atoms with E-state index in [4.69, 9.17) is 9.26 Å². The van der Waals surface area contributed by atoms with E-state index >= 15 is 0 Å². The van der Waals surface area contributed by atoms with Gasteiger partial charge in [0.15, 0.2) is 5.82 Å². The Morgan fingerprint density at radius 1 is 1.28 bits per heavy atom. The molecule has 0 bridgehead atoms. The highest BCUT2D eigenvalue weighted by Crippen LogP contribution is 2.31. The molecule has 2 aromatic rings. The Hall–Kier alpha value is -1.76. The quantitative estimate of drug-likeness (QED) is 0.831. The van der Waals surface area contributed by atoms with E-state index in [-0.39, 0.29) is 12.2 Å². The van der Waals surface area contributed by atoms with E-state index in [2.05, 4.69) is 15.0 Å². The molecule has 1 aromatic heterocycles. The van der Waals surface area contributed by atoms with Crippen LogP contribution in [0.1, 0.15) is 56.2 Å². The van der Waals surface area contributed by atoms with Gasteiger partial charge in [0.25, 0.3) is 0 Å². The van der Waals surface area contributed by atoms with Crippen LogP contribution in [0.3, 0.4) is 0 Å². The summed E-state index contributed by atoms with van der Waals surface area (Å²) >= 11 is 0. The Kier molecular flexibility index (Phi) is 6.18. The summed E-state index contributed by atoms with van der Waals surface area (Å²) in [7, 11) is 0. The van der Waals surface area contributed by atoms with Gasteiger partial charge in [0, 0.05) is 6.61 Å². The zero-order valence-electron chi connectivity index (χ0n) is 15.0. The van der Waals surface area contributed by atoms with Crippen molar-refractivity contribution >= 4 is 0 Å². The van der Waals surface area contributed by atoms with Crippen LogP contribution in [0.25, 0.3) is 0 Å². The molecule has 1 aromatic carbocycles. The highest BCUT2D eigenvalue weighted by atomic mass is 16.5. The van der Waals surface area contributed by atoms with Gasteiger partial charge >= 0.3 is 0 Å². The lowest BCUT2D eigenvalue weighted by Crippen LogP contribution is -2.35. The van der Waals surface area contributed by atoms with Gasteiger partial charge in [-0.05, 0) is 51.3 Å². The molecule has 25 heavy (non-hydrogen) atoms. The standard InChI is InChI=1S/C19H27N3O3/c1-3-24-14(2)19-20-17(25-21-19)13-22-11-9-16(10-12-22)18(23)15-7-5-4-6-8-15/h4-8,14,16,18,23H,3,9-13H2,1-2H3. The highest BCUT2D eigenvalue weighted by Gasteiger charge is 2.27. The third-order valence-corrected chi connectivity index (χ3v) is 4.84. The van der Waals surface area contributed by atoms with Crippen molar-refractivity contribution in [2.24, 2.45) is 5.92 Å². The zero-order chi connectivity index (χ0) is 17.6. The average Bonchev–Trinajstić information content (AvgIpc) is 3.11. The fourth-order valence-corrected chi connectivity index (χ4v) is 3.36. The van der Waals surface area contributed by atoms with Crippen LogP contribution in [0.5, 0.6) is 0 Å². The van der Waals surface area contributed by atoms with Crippen LogP contribution < -0.4 is 0 Å². The number of aliphatic hydroxyl groups excluding tert-OH is 1. The zero-order valence-corrected chi connectivity index (χ0v) is 15.0. The van der Waals surface area contributed by atoms with Gasteiger partial charge in [-0.15, -0.1) is 0 Å². The molecule has 0 radical (unpaired) electrons. The first-order chi connectivity index (χ1) is 12.2. The monoisotopic (exact) mass is 345 g/mol. The Bertz CT molecular complexity index is 638. The first-order valence-corrected chi connectivity index (χ1v) is 9.06. The molecule has 0 aliphatic carbocycles. The van der Waals surface area contributed by atoms with Gasteiger partial charge in [-0.1, -0.05) is 35.5 Å². The SMILES string of the molecule is CCOC(C)c1noc(CN2CCC(C(O)c3ccccc3)CC2)n1. The van der Waals surface area contributed by atoms with Gasteiger partial charge in [0.2, 0.25) is 5.89 Å². The van der Waals surface area contributed by atoms with Crippen LogP contribution in [-0.2, 0) is 11.3 Å². The predicted molar refractivity (Wildman–Crippen MR) is 93.7 cm³/mol. The van der Waals surface area contributed by atoms with Crippen LogP contribution in [0.4, 0.5) is 0 Å². The molecule has 1 N–H and O–H groups in total. The smallest absolute Gasteiger partial charge is 0.240 e. The number of hydrogen-bond acceptors (Lipinski definition) is 6. The van der Waals surface area contributed by atoms with Gasteiger partial charge < -0.3 is 14.4 Å². The Morgan fingerprint density at radius 2 is 2.00 bits per heavy atom. The van der Waals surface area contributed by atoms with E-state index in [1.807, 2.05) is 44.2 Å². The summed E-state index contributed by atoms with van der Waals surface area (Å²) in [5, 5.41) is 14.6. The van der Waals surface area contributed by atoms with E-state index in [9.17, 15) is 5.11 Å². The van der Waals surface area contributed by atoms with Crippen molar-refractivity contribution in [1.29, 1.82) is 0 Å². The molecule has 3 rings (SSSR count). The van der Waals surface area contributed by atoms with Crippen LogP contribution in [-0.4, -0.2) is 39.8 Å². The van der Waals surface area contributed by atoms with Crippen LogP contribution in [0.2, 0.25) is 0 Å². The van der Waals surface area contributed by atoms with Crippen LogP contribution >= 0.6 is 0 Å². The Balaban J connectivity index is 1.49. The lowest BCUT2D eigenvalue weighted by atomic mass is 9.87. The second-order valence-corrected chi connectivity index (χ2v) is 6.61. The number of likely N-dealkylation sites (tertiary alicyclic amines) is 1. The lowest BCUT2D eigenvalue weighted by Gasteiger charge is -2.33. The third-order valence-electron chi connectivity index (χ3n) is 4.84. The molecule has 1 aliphatic rings. The minimum absolute atomic E-state index is 0.144. The largest absolute Gasteiger partial charge is 0.388 e. The third kappa shape index (κ3) is 4.66. The number of aliphatic hydroxyl groups is 1. The molecule has 0 amide bonds. The predicted octanol–water partition coefficient (Wildman–Crippen LogP) is 3.11. The molecule has 1 aliphatic heterocycles. The number of rotatable bonds is 7. The molecule has 136 valence electrons. The van der Waals surface area contributed by atoms with Gasteiger partial charge in [0.05, 0.1) is 12.6 Å². The van der Waals surface area contributed by atoms with Gasteiger partial charge in [-0.3, -0.25) is 4.90 Å². The summed E-state index contributed by atoms with van der Waals surface area (Å²) in [6.07, 6.45) is 1.40. The first-order valence-electron chi connectivity index (χ1n) is 9.06. The lowest BCUT2D eigenvalue weighted by molar-refractivity contribution is 0.0538. The van der Waals surface area contributed by atoms with E-state index in [0.717, 1.165) is 31.5 Å².